The fraction of sp³-hybridized carbons (Fsp3) is 0.167. The number of sulfonamides is 1. The predicted molar refractivity (Wildman–Crippen MR) is 151 cm³/mol. The van der Waals surface area contributed by atoms with Crippen molar-refractivity contribution >= 4 is 21.6 Å². The molecule has 0 atom stereocenters. The van der Waals surface area contributed by atoms with E-state index in [0.717, 1.165) is 17.6 Å². The number of hydrogen-bond acceptors (Lipinski definition) is 6. The van der Waals surface area contributed by atoms with Gasteiger partial charge in [0.2, 0.25) is 10.0 Å². The van der Waals surface area contributed by atoms with Gasteiger partial charge in [-0.05, 0) is 78.4 Å². The van der Waals surface area contributed by atoms with Crippen LogP contribution in [-0.4, -0.2) is 40.8 Å². The zero-order valence-corrected chi connectivity index (χ0v) is 22.6. The molecule has 4 rings (SSSR count). The lowest BCUT2D eigenvalue weighted by Crippen LogP contribution is -2.29. The van der Waals surface area contributed by atoms with E-state index in [4.69, 9.17) is 14.2 Å². The van der Waals surface area contributed by atoms with Gasteiger partial charge in [0, 0.05) is 5.56 Å². The second kappa shape index (κ2) is 12.8. The van der Waals surface area contributed by atoms with E-state index < -0.39 is 10.0 Å². The standard InChI is InChI=1S/C30H30N2O6S/c1-36-26-16-18-27(19-17-26)37-21-20-31-30(33)24-10-8-23(9-11-24)22-32(39(2,34)35)25-12-14-29(15-13-25)38-28-6-4-3-5-7-28/h3-19H,20-22H2,1-2H3,(H,31,33). The quantitative estimate of drug-likeness (QED) is 0.244. The fourth-order valence-corrected chi connectivity index (χ4v) is 4.63. The van der Waals surface area contributed by atoms with Crippen LogP contribution in [0.3, 0.4) is 0 Å². The number of nitrogens with one attached hydrogen (secondary N) is 1. The largest absolute Gasteiger partial charge is 0.497 e. The molecule has 1 N–H and O–H groups in total. The molecule has 0 aliphatic rings. The number of benzene rings is 4. The van der Waals surface area contributed by atoms with Crippen LogP contribution >= 0.6 is 0 Å². The van der Waals surface area contributed by atoms with Gasteiger partial charge in [0.25, 0.3) is 5.91 Å². The number of carbonyl (C=O) groups is 1. The lowest BCUT2D eigenvalue weighted by Gasteiger charge is -2.23. The van der Waals surface area contributed by atoms with Crippen LogP contribution < -0.4 is 23.8 Å². The Labute approximate surface area is 228 Å². The number of hydrogen-bond donors (Lipinski definition) is 1. The van der Waals surface area contributed by atoms with E-state index >= 15 is 0 Å². The summed E-state index contributed by atoms with van der Waals surface area (Å²) in [6.07, 6.45) is 1.16. The van der Waals surface area contributed by atoms with Crippen LogP contribution in [0.15, 0.2) is 103 Å². The Morgan fingerprint density at radius 3 is 1.97 bits per heavy atom. The molecular formula is C30H30N2O6S. The minimum Gasteiger partial charge on any atom is -0.497 e. The summed E-state index contributed by atoms with van der Waals surface area (Å²) in [6.45, 7) is 0.766. The Bertz CT molecular complexity index is 1460. The van der Waals surface area contributed by atoms with Crippen LogP contribution in [-0.2, 0) is 16.6 Å². The van der Waals surface area contributed by atoms with Crippen LogP contribution in [0.4, 0.5) is 5.69 Å². The Hall–Kier alpha value is -4.50. The van der Waals surface area contributed by atoms with Crippen molar-refractivity contribution in [3.05, 3.63) is 114 Å². The van der Waals surface area contributed by atoms with Gasteiger partial charge in [-0.15, -0.1) is 0 Å². The SMILES string of the molecule is COc1ccc(OCCNC(=O)c2ccc(CN(c3ccc(Oc4ccccc4)cc3)S(C)(=O)=O)cc2)cc1. The average Bonchev–Trinajstić information content (AvgIpc) is 2.95. The maximum Gasteiger partial charge on any atom is 0.251 e. The first kappa shape index (κ1) is 27.5. The highest BCUT2D eigenvalue weighted by Crippen LogP contribution is 2.27. The van der Waals surface area contributed by atoms with E-state index in [-0.39, 0.29) is 12.5 Å². The molecule has 0 spiro atoms. The highest BCUT2D eigenvalue weighted by atomic mass is 32.2. The molecule has 8 nitrogen and oxygen atoms in total. The molecule has 0 radical (unpaired) electrons. The number of anilines is 1. The third kappa shape index (κ3) is 7.99. The summed E-state index contributed by atoms with van der Waals surface area (Å²) in [7, 11) is -1.97. The third-order valence-electron chi connectivity index (χ3n) is 5.76. The predicted octanol–water partition coefficient (Wildman–Crippen LogP) is 5.26. The van der Waals surface area contributed by atoms with E-state index in [2.05, 4.69) is 5.32 Å². The third-order valence-corrected chi connectivity index (χ3v) is 6.90. The minimum atomic E-state index is -3.56. The monoisotopic (exact) mass is 546 g/mol. The molecule has 0 aliphatic heterocycles. The molecule has 0 bridgehead atoms. The van der Waals surface area contributed by atoms with Gasteiger partial charge in [0.15, 0.2) is 0 Å². The molecular weight excluding hydrogens is 516 g/mol. The maximum absolute atomic E-state index is 12.6. The van der Waals surface area contributed by atoms with Gasteiger partial charge in [0.05, 0.1) is 32.1 Å². The highest BCUT2D eigenvalue weighted by Gasteiger charge is 2.18. The van der Waals surface area contributed by atoms with E-state index in [0.29, 0.717) is 41.7 Å². The smallest absolute Gasteiger partial charge is 0.251 e. The summed E-state index contributed by atoms with van der Waals surface area (Å²) in [4.78, 5) is 12.5. The summed E-state index contributed by atoms with van der Waals surface area (Å²) in [5, 5.41) is 2.82. The van der Waals surface area contributed by atoms with Crippen LogP contribution in [0.25, 0.3) is 0 Å². The zero-order chi connectivity index (χ0) is 27.7. The van der Waals surface area contributed by atoms with Gasteiger partial charge in [-0.1, -0.05) is 30.3 Å². The topological polar surface area (TPSA) is 94.2 Å². The molecule has 0 unspecified atom stereocenters. The first-order valence-electron chi connectivity index (χ1n) is 12.3. The number of para-hydroxylation sites is 1. The van der Waals surface area contributed by atoms with E-state index in [1.165, 1.54) is 4.31 Å². The molecule has 0 saturated heterocycles. The van der Waals surface area contributed by atoms with E-state index in [1.54, 1.807) is 79.9 Å². The van der Waals surface area contributed by atoms with Crippen LogP contribution in [0, 0.1) is 0 Å². The number of ether oxygens (including phenoxy) is 3. The number of methoxy groups -OCH3 is 1. The lowest BCUT2D eigenvalue weighted by molar-refractivity contribution is 0.0947. The zero-order valence-electron chi connectivity index (χ0n) is 21.7. The number of rotatable bonds is 12. The molecule has 4 aromatic rings. The molecule has 0 saturated carbocycles. The van der Waals surface area contributed by atoms with Crippen molar-refractivity contribution in [1.82, 2.24) is 5.32 Å². The summed E-state index contributed by atoms with van der Waals surface area (Å²) in [5.74, 6) is 2.48. The van der Waals surface area contributed by atoms with Crippen LogP contribution in [0.5, 0.6) is 23.0 Å². The van der Waals surface area contributed by atoms with E-state index in [1.807, 2.05) is 30.3 Å². The molecule has 39 heavy (non-hydrogen) atoms. The van der Waals surface area contributed by atoms with E-state index in [9.17, 15) is 13.2 Å². The number of nitrogens with zero attached hydrogens (tertiary/aromatic N) is 1. The summed E-state index contributed by atoms with van der Waals surface area (Å²) in [5.41, 5.74) is 1.72. The lowest BCUT2D eigenvalue weighted by atomic mass is 10.1. The Morgan fingerprint density at radius 2 is 1.36 bits per heavy atom. The maximum atomic E-state index is 12.6. The van der Waals surface area contributed by atoms with Gasteiger partial charge < -0.3 is 19.5 Å². The number of amides is 1. The second-order valence-electron chi connectivity index (χ2n) is 8.66. The summed E-state index contributed by atoms with van der Waals surface area (Å²) >= 11 is 0. The van der Waals surface area contributed by atoms with Gasteiger partial charge in [0.1, 0.15) is 29.6 Å². The normalized spacial score (nSPS) is 10.9. The molecule has 9 heteroatoms. The van der Waals surface area contributed by atoms with Gasteiger partial charge in [-0.2, -0.15) is 0 Å². The Kier molecular flexibility index (Phi) is 9.06. The van der Waals surface area contributed by atoms with Crippen LogP contribution in [0.1, 0.15) is 15.9 Å². The van der Waals surface area contributed by atoms with Crippen molar-refractivity contribution in [2.45, 2.75) is 6.54 Å². The van der Waals surface area contributed by atoms with Gasteiger partial charge in [-0.3, -0.25) is 9.10 Å². The molecule has 0 heterocycles. The second-order valence-corrected chi connectivity index (χ2v) is 10.6. The van der Waals surface area contributed by atoms with Crippen molar-refractivity contribution in [3.8, 4) is 23.0 Å². The van der Waals surface area contributed by atoms with Gasteiger partial charge in [-0.25, -0.2) is 8.42 Å². The summed E-state index contributed by atoms with van der Waals surface area (Å²) < 4.78 is 43.0. The first-order valence-corrected chi connectivity index (χ1v) is 14.1. The first-order chi connectivity index (χ1) is 18.8. The van der Waals surface area contributed by atoms with Crippen molar-refractivity contribution in [1.29, 1.82) is 0 Å². The minimum absolute atomic E-state index is 0.120. The molecule has 0 fully saturated rings. The van der Waals surface area contributed by atoms with Gasteiger partial charge >= 0.3 is 0 Å². The molecule has 0 aromatic heterocycles. The molecule has 202 valence electrons. The fourth-order valence-electron chi connectivity index (χ4n) is 3.74. The summed E-state index contributed by atoms with van der Waals surface area (Å²) in [6, 6.07) is 30.2. The van der Waals surface area contributed by atoms with Crippen LogP contribution in [0.2, 0.25) is 0 Å². The van der Waals surface area contributed by atoms with Crippen molar-refractivity contribution in [2.24, 2.45) is 0 Å². The molecule has 4 aromatic carbocycles. The highest BCUT2D eigenvalue weighted by molar-refractivity contribution is 7.92. The molecule has 1 amide bonds. The van der Waals surface area contributed by atoms with Crippen molar-refractivity contribution < 1.29 is 27.4 Å². The average molecular weight is 547 g/mol. The Morgan fingerprint density at radius 1 is 0.769 bits per heavy atom. The Balaban J connectivity index is 1.32. The number of carbonyl (C=O) groups excluding carboxylic acids is 1. The molecule has 0 aliphatic carbocycles. The van der Waals surface area contributed by atoms with Crippen molar-refractivity contribution in [2.75, 3.05) is 30.8 Å². The van der Waals surface area contributed by atoms with Crippen molar-refractivity contribution in [3.63, 3.8) is 0 Å².